The van der Waals surface area contributed by atoms with Crippen LogP contribution in [0.2, 0.25) is 0 Å². The van der Waals surface area contributed by atoms with Crippen LogP contribution >= 0.6 is 0 Å². The highest BCUT2D eigenvalue weighted by atomic mass is 15.5. The maximum Gasteiger partial charge on any atom is 0.0384 e. The van der Waals surface area contributed by atoms with Gasteiger partial charge in [-0.15, -0.1) is 0 Å². The molecule has 0 amide bonds. The lowest BCUT2D eigenvalue weighted by molar-refractivity contribution is 0.167. The normalized spacial score (nSPS) is 42.3. The van der Waals surface area contributed by atoms with Crippen molar-refractivity contribution in [2.75, 3.05) is 20.1 Å². The molecule has 3 heteroatoms. The van der Waals surface area contributed by atoms with Crippen LogP contribution in [-0.4, -0.2) is 37.2 Å². The summed E-state index contributed by atoms with van der Waals surface area (Å²) in [6.07, 6.45) is 1.33. The Hall–Kier alpha value is -0.120. The molecule has 52 valence electrons. The summed E-state index contributed by atoms with van der Waals surface area (Å²) in [7, 11) is 2.00. The Morgan fingerprint density at radius 3 is 2.89 bits per heavy atom. The highest BCUT2D eigenvalue weighted by Crippen LogP contribution is 2.20. The van der Waals surface area contributed by atoms with Gasteiger partial charge >= 0.3 is 0 Å². The van der Waals surface area contributed by atoms with E-state index in [4.69, 9.17) is 0 Å². The van der Waals surface area contributed by atoms with E-state index in [0.29, 0.717) is 0 Å². The zero-order valence-electron chi connectivity index (χ0n) is 5.72. The highest BCUT2D eigenvalue weighted by molar-refractivity contribution is 4.95. The van der Waals surface area contributed by atoms with E-state index in [1.54, 1.807) is 0 Å². The quantitative estimate of drug-likeness (QED) is 0.481. The smallest absolute Gasteiger partial charge is 0.0384 e. The van der Waals surface area contributed by atoms with E-state index in [1.807, 2.05) is 7.05 Å². The molecule has 0 radical (unpaired) electrons. The van der Waals surface area contributed by atoms with Crippen LogP contribution in [-0.2, 0) is 0 Å². The Balaban J connectivity index is 2.01. The minimum atomic E-state index is 0.764. The molecular formula is C6H13N3. The standard InChI is InChI=1S/C6H13N3/c1-7-9-4-5-2-6(9)3-8-5/h5-8H,2-4H2,1H3/t5-,6-/m1/s1. The van der Waals surface area contributed by atoms with Crippen LogP contribution in [0.15, 0.2) is 0 Å². The van der Waals surface area contributed by atoms with Crippen molar-refractivity contribution in [3.63, 3.8) is 0 Å². The lowest BCUT2D eigenvalue weighted by Crippen LogP contribution is -2.48. The van der Waals surface area contributed by atoms with Crippen LogP contribution in [0.5, 0.6) is 0 Å². The Labute approximate surface area is 55.4 Å². The van der Waals surface area contributed by atoms with Crippen LogP contribution in [0.4, 0.5) is 0 Å². The van der Waals surface area contributed by atoms with Crippen LogP contribution < -0.4 is 10.7 Å². The first-order valence-electron chi connectivity index (χ1n) is 3.57. The van der Waals surface area contributed by atoms with Gasteiger partial charge in [-0.2, -0.15) is 0 Å². The highest BCUT2D eigenvalue weighted by Gasteiger charge is 2.36. The third-order valence-corrected chi connectivity index (χ3v) is 2.34. The summed E-state index contributed by atoms with van der Waals surface area (Å²) in [6, 6.07) is 1.53. The first-order valence-corrected chi connectivity index (χ1v) is 3.57. The van der Waals surface area contributed by atoms with Gasteiger partial charge in [-0.05, 0) is 13.5 Å². The Kier molecular flexibility index (Phi) is 1.22. The summed E-state index contributed by atoms with van der Waals surface area (Å²) in [6.45, 7) is 2.35. The van der Waals surface area contributed by atoms with Gasteiger partial charge in [-0.25, -0.2) is 5.01 Å². The molecule has 2 atom stereocenters. The molecule has 0 aromatic heterocycles. The zero-order valence-corrected chi connectivity index (χ0v) is 5.72. The fourth-order valence-corrected chi connectivity index (χ4v) is 1.83. The number of nitrogens with zero attached hydrogens (tertiary/aromatic N) is 1. The minimum absolute atomic E-state index is 0.764. The summed E-state index contributed by atoms with van der Waals surface area (Å²) in [5.74, 6) is 0. The molecule has 2 saturated heterocycles. The molecular weight excluding hydrogens is 114 g/mol. The molecule has 0 aromatic carbocycles. The lowest BCUT2D eigenvalue weighted by atomic mass is 10.2. The maximum absolute atomic E-state index is 3.44. The second-order valence-electron chi connectivity index (χ2n) is 2.87. The molecule has 2 aliphatic heterocycles. The van der Waals surface area contributed by atoms with Gasteiger partial charge < -0.3 is 5.32 Å². The van der Waals surface area contributed by atoms with Crippen LogP contribution in [0.1, 0.15) is 6.42 Å². The van der Waals surface area contributed by atoms with Crippen molar-refractivity contribution < 1.29 is 0 Å². The van der Waals surface area contributed by atoms with Crippen molar-refractivity contribution in [1.82, 2.24) is 15.8 Å². The number of hydrazine groups is 1. The van der Waals surface area contributed by atoms with E-state index < -0.39 is 0 Å². The number of hydrogen-bond acceptors (Lipinski definition) is 3. The van der Waals surface area contributed by atoms with E-state index in [1.165, 1.54) is 19.5 Å². The van der Waals surface area contributed by atoms with Gasteiger partial charge in [-0.3, -0.25) is 5.43 Å². The largest absolute Gasteiger partial charge is 0.311 e. The van der Waals surface area contributed by atoms with Crippen molar-refractivity contribution in [1.29, 1.82) is 0 Å². The molecule has 0 aromatic rings. The summed E-state index contributed by atoms with van der Waals surface area (Å²) in [5, 5.41) is 5.76. The van der Waals surface area contributed by atoms with Crippen molar-refractivity contribution in [3.8, 4) is 0 Å². The first kappa shape index (κ1) is 5.65. The molecule has 0 saturated carbocycles. The molecule has 0 aliphatic carbocycles. The number of nitrogens with one attached hydrogen (secondary N) is 2. The number of fused-ring (bicyclic) bond motifs is 2. The SMILES string of the molecule is CNN1C[C@H]2C[C@@H]1CN2. The molecule has 2 aliphatic rings. The summed E-state index contributed by atoms with van der Waals surface area (Å²) in [4.78, 5) is 0. The minimum Gasteiger partial charge on any atom is -0.311 e. The number of piperazine rings is 1. The van der Waals surface area contributed by atoms with Gasteiger partial charge in [0, 0.05) is 25.2 Å². The fraction of sp³-hybridized carbons (Fsp3) is 1.00. The van der Waals surface area contributed by atoms with Crippen LogP contribution in [0, 0.1) is 0 Å². The third-order valence-electron chi connectivity index (χ3n) is 2.34. The summed E-state index contributed by atoms with van der Waals surface area (Å²) < 4.78 is 0. The van der Waals surface area contributed by atoms with Gasteiger partial charge in [-0.1, -0.05) is 0 Å². The lowest BCUT2D eigenvalue weighted by Gasteiger charge is -2.25. The summed E-state index contributed by atoms with van der Waals surface area (Å²) in [5.41, 5.74) is 3.19. The topological polar surface area (TPSA) is 27.3 Å². The zero-order chi connectivity index (χ0) is 6.27. The van der Waals surface area contributed by atoms with Gasteiger partial charge in [0.15, 0.2) is 0 Å². The molecule has 0 spiro atoms. The second kappa shape index (κ2) is 1.94. The summed E-state index contributed by atoms with van der Waals surface area (Å²) >= 11 is 0. The van der Waals surface area contributed by atoms with Gasteiger partial charge in [0.1, 0.15) is 0 Å². The first-order chi connectivity index (χ1) is 4.40. The van der Waals surface area contributed by atoms with Crippen molar-refractivity contribution in [2.24, 2.45) is 0 Å². The molecule has 2 heterocycles. The molecule has 2 bridgehead atoms. The fourth-order valence-electron chi connectivity index (χ4n) is 1.83. The monoisotopic (exact) mass is 127 g/mol. The Bertz CT molecular complexity index is 115. The van der Waals surface area contributed by atoms with E-state index >= 15 is 0 Å². The third kappa shape index (κ3) is 0.764. The average molecular weight is 127 g/mol. The number of hydrogen-bond donors (Lipinski definition) is 2. The molecule has 2 fully saturated rings. The molecule has 2 rings (SSSR count). The van der Waals surface area contributed by atoms with Crippen LogP contribution in [0.25, 0.3) is 0 Å². The van der Waals surface area contributed by atoms with Crippen molar-refractivity contribution in [3.05, 3.63) is 0 Å². The molecule has 2 N–H and O–H groups in total. The van der Waals surface area contributed by atoms with E-state index in [9.17, 15) is 0 Å². The van der Waals surface area contributed by atoms with E-state index in [2.05, 4.69) is 15.8 Å². The van der Waals surface area contributed by atoms with Crippen molar-refractivity contribution >= 4 is 0 Å². The van der Waals surface area contributed by atoms with Gasteiger partial charge in [0.2, 0.25) is 0 Å². The van der Waals surface area contributed by atoms with Crippen LogP contribution in [0.3, 0.4) is 0 Å². The maximum atomic E-state index is 3.44. The molecule has 0 unspecified atom stereocenters. The predicted molar refractivity (Wildman–Crippen MR) is 36.0 cm³/mol. The Morgan fingerprint density at radius 1 is 1.67 bits per heavy atom. The van der Waals surface area contributed by atoms with Crippen molar-refractivity contribution in [2.45, 2.75) is 18.5 Å². The molecule has 3 nitrogen and oxygen atoms in total. The molecule has 9 heavy (non-hydrogen) atoms. The second-order valence-corrected chi connectivity index (χ2v) is 2.87. The van der Waals surface area contributed by atoms with Gasteiger partial charge in [0.25, 0.3) is 0 Å². The predicted octanol–water partition coefficient (Wildman–Crippen LogP) is -0.833. The van der Waals surface area contributed by atoms with E-state index in [0.717, 1.165) is 12.1 Å². The average Bonchev–Trinajstić information content (AvgIpc) is 2.45. The Morgan fingerprint density at radius 2 is 2.56 bits per heavy atom. The number of rotatable bonds is 1. The van der Waals surface area contributed by atoms with E-state index in [-0.39, 0.29) is 0 Å². The van der Waals surface area contributed by atoms with Gasteiger partial charge in [0.05, 0.1) is 0 Å².